The summed E-state index contributed by atoms with van der Waals surface area (Å²) in [7, 11) is 0. The Morgan fingerprint density at radius 1 is 1.75 bits per heavy atom. The number of nitrogens with zero attached hydrogens (tertiary/aromatic N) is 1. The van der Waals surface area contributed by atoms with E-state index >= 15 is 0 Å². The minimum atomic E-state index is -0.427. The third kappa shape index (κ3) is 3.13. The molecule has 0 saturated carbocycles. The molecule has 1 aromatic heterocycles. The van der Waals surface area contributed by atoms with Crippen molar-refractivity contribution in [2.24, 2.45) is 0 Å². The van der Waals surface area contributed by atoms with Crippen molar-refractivity contribution in [1.29, 1.82) is 0 Å². The molecule has 7 heteroatoms. The minimum absolute atomic E-state index is 0.0129. The first-order valence-electron chi connectivity index (χ1n) is 4.73. The summed E-state index contributed by atoms with van der Waals surface area (Å²) in [5, 5.41) is 18.2. The fraction of sp³-hybridized carbons (Fsp3) is 0.556. The highest BCUT2D eigenvalue weighted by atomic mass is 35.5. The van der Waals surface area contributed by atoms with Crippen LogP contribution in [0.4, 0.5) is 5.69 Å². The third-order valence-corrected chi connectivity index (χ3v) is 3.76. The van der Waals surface area contributed by atoms with Gasteiger partial charge < -0.3 is 10.4 Å². The summed E-state index contributed by atoms with van der Waals surface area (Å²) < 4.78 is 0. The molecule has 0 amide bonds. The number of aromatic amines is 1. The lowest BCUT2D eigenvalue weighted by atomic mass is 10.2. The number of H-pyrrole nitrogens is 1. The van der Waals surface area contributed by atoms with E-state index < -0.39 is 5.56 Å². The zero-order valence-electron chi connectivity index (χ0n) is 9.03. The second-order valence-corrected chi connectivity index (χ2v) is 4.77. The van der Waals surface area contributed by atoms with Crippen LogP contribution in [0.3, 0.4) is 0 Å². The molecule has 0 aliphatic carbocycles. The van der Waals surface area contributed by atoms with Gasteiger partial charge in [0.15, 0.2) is 0 Å². The van der Waals surface area contributed by atoms with Gasteiger partial charge in [-0.3, -0.25) is 4.79 Å². The fourth-order valence-electron chi connectivity index (χ4n) is 1.26. The van der Waals surface area contributed by atoms with Crippen LogP contribution in [0.2, 0.25) is 5.02 Å². The maximum absolute atomic E-state index is 11.2. The first kappa shape index (κ1) is 13.3. The number of halogens is 1. The highest BCUT2D eigenvalue weighted by molar-refractivity contribution is 7.99. The Labute approximate surface area is 103 Å². The number of rotatable bonds is 5. The summed E-state index contributed by atoms with van der Waals surface area (Å²) in [5.41, 5.74) is 0.0500. The van der Waals surface area contributed by atoms with E-state index in [1.807, 2.05) is 13.2 Å². The van der Waals surface area contributed by atoms with Gasteiger partial charge in [0.2, 0.25) is 0 Å². The van der Waals surface area contributed by atoms with Crippen LogP contribution in [-0.2, 0) is 0 Å². The number of anilines is 1. The summed E-state index contributed by atoms with van der Waals surface area (Å²) in [6, 6.07) is -0.0129. The van der Waals surface area contributed by atoms with Gasteiger partial charge in [0.1, 0.15) is 5.02 Å². The van der Waals surface area contributed by atoms with Crippen molar-refractivity contribution in [3.63, 3.8) is 0 Å². The molecule has 0 aliphatic rings. The van der Waals surface area contributed by atoms with Gasteiger partial charge in [-0.15, -0.1) is 0 Å². The lowest BCUT2D eigenvalue weighted by molar-refractivity contribution is 0.288. The Hall–Kier alpha value is -0.720. The summed E-state index contributed by atoms with van der Waals surface area (Å²) in [5.74, 6) is 0. The maximum atomic E-state index is 11.2. The van der Waals surface area contributed by atoms with Gasteiger partial charge in [-0.25, -0.2) is 5.10 Å². The van der Waals surface area contributed by atoms with Crippen LogP contribution in [0.25, 0.3) is 0 Å². The van der Waals surface area contributed by atoms with Crippen LogP contribution in [0.1, 0.15) is 6.92 Å². The van der Waals surface area contributed by atoms with Gasteiger partial charge in [0, 0.05) is 11.3 Å². The lowest BCUT2D eigenvalue weighted by Gasteiger charge is -2.22. The number of aliphatic hydroxyl groups is 1. The molecule has 90 valence electrons. The molecule has 1 aromatic rings. The first-order chi connectivity index (χ1) is 7.60. The Balaban J connectivity index is 2.80. The van der Waals surface area contributed by atoms with Gasteiger partial charge >= 0.3 is 0 Å². The Bertz CT molecular complexity index is 395. The molecule has 3 N–H and O–H groups in total. The topological polar surface area (TPSA) is 78.0 Å². The van der Waals surface area contributed by atoms with Gasteiger partial charge in [-0.1, -0.05) is 11.6 Å². The minimum Gasteiger partial charge on any atom is -0.395 e. The second kappa shape index (κ2) is 6.12. The quantitative estimate of drug-likeness (QED) is 0.737. The van der Waals surface area contributed by atoms with Crippen molar-refractivity contribution in [2.75, 3.05) is 18.2 Å². The highest BCUT2D eigenvalue weighted by Crippen LogP contribution is 2.19. The average molecular weight is 264 g/mol. The molecule has 0 spiro atoms. The Kier molecular flexibility index (Phi) is 5.11. The van der Waals surface area contributed by atoms with Crippen LogP contribution in [0.5, 0.6) is 0 Å². The molecule has 0 fully saturated rings. The lowest BCUT2D eigenvalue weighted by Crippen LogP contribution is -2.31. The zero-order chi connectivity index (χ0) is 12.1. The average Bonchev–Trinajstić information content (AvgIpc) is 2.26. The molecule has 0 saturated heterocycles. The van der Waals surface area contributed by atoms with Crippen molar-refractivity contribution in [1.82, 2.24) is 10.2 Å². The predicted octanol–water partition coefficient (Wildman–Crippen LogP) is 0.948. The number of hydrogen-bond acceptors (Lipinski definition) is 5. The summed E-state index contributed by atoms with van der Waals surface area (Å²) in [6.45, 7) is 1.97. The highest BCUT2D eigenvalue weighted by Gasteiger charge is 2.16. The van der Waals surface area contributed by atoms with E-state index in [0.717, 1.165) is 0 Å². The molecule has 0 bridgehead atoms. The van der Waals surface area contributed by atoms with E-state index in [2.05, 4.69) is 15.5 Å². The molecule has 2 unspecified atom stereocenters. The smallest absolute Gasteiger partial charge is 0.285 e. The van der Waals surface area contributed by atoms with Crippen LogP contribution in [0, 0.1) is 0 Å². The molecular weight excluding hydrogens is 250 g/mol. The van der Waals surface area contributed by atoms with Crippen molar-refractivity contribution in [2.45, 2.75) is 18.2 Å². The van der Waals surface area contributed by atoms with Crippen LogP contribution < -0.4 is 10.9 Å². The predicted molar refractivity (Wildman–Crippen MR) is 67.3 cm³/mol. The standard InChI is InChI=1S/C9H14ClN3O2S/c1-5(7(4-14)16-2)12-6-3-11-13-9(15)8(6)10/h3,5,7,14H,4H2,1-2H3,(H2,12,13,15). The zero-order valence-corrected chi connectivity index (χ0v) is 10.6. The van der Waals surface area contributed by atoms with Gasteiger partial charge in [-0.2, -0.15) is 16.9 Å². The number of nitrogens with one attached hydrogen (secondary N) is 2. The van der Waals surface area contributed by atoms with E-state index in [1.54, 1.807) is 11.8 Å². The van der Waals surface area contributed by atoms with E-state index in [9.17, 15) is 4.79 Å². The number of aliphatic hydroxyl groups excluding tert-OH is 1. The van der Waals surface area contributed by atoms with Crippen LogP contribution in [0.15, 0.2) is 11.0 Å². The SMILES string of the molecule is CSC(CO)C(C)Nc1cn[nH]c(=O)c1Cl. The van der Waals surface area contributed by atoms with Gasteiger partial charge in [0.25, 0.3) is 5.56 Å². The van der Waals surface area contributed by atoms with Gasteiger partial charge in [-0.05, 0) is 13.2 Å². The molecule has 1 heterocycles. The molecule has 0 radical (unpaired) electrons. The maximum Gasteiger partial charge on any atom is 0.285 e. The van der Waals surface area contributed by atoms with Crippen LogP contribution >= 0.6 is 23.4 Å². The van der Waals surface area contributed by atoms with E-state index in [-0.39, 0.29) is 22.9 Å². The van der Waals surface area contributed by atoms with Crippen molar-refractivity contribution in [3.05, 3.63) is 21.6 Å². The monoisotopic (exact) mass is 263 g/mol. The van der Waals surface area contributed by atoms with E-state index in [4.69, 9.17) is 16.7 Å². The number of thioether (sulfide) groups is 1. The van der Waals surface area contributed by atoms with Crippen molar-refractivity contribution >= 4 is 29.1 Å². The molecule has 0 aromatic carbocycles. The van der Waals surface area contributed by atoms with E-state index in [1.165, 1.54) is 6.20 Å². The fourth-order valence-corrected chi connectivity index (χ4v) is 2.03. The normalized spacial score (nSPS) is 14.5. The molecule has 5 nitrogen and oxygen atoms in total. The number of aromatic nitrogens is 2. The van der Waals surface area contributed by atoms with Crippen LogP contribution in [-0.4, -0.2) is 39.5 Å². The summed E-state index contributed by atoms with van der Waals surface area (Å²) >= 11 is 7.36. The molecular formula is C9H14ClN3O2S. The van der Waals surface area contributed by atoms with Gasteiger partial charge in [0.05, 0.1) is 18.5 Å². The molecule has 2 atom stereocenters. The molecule has 1 rings (SSSR count). The molecule has 16 heavy (non-hydrogen) atoms. The number of hydrogen-bond donors (Lipinski definition) is 3. The third-order valence-electron chi connectivity index (χ3n) is 2.22. The summed E-state index contributed by atoms with van der Waals surface area (Å²) in [4.78, 5) is 11.2. The van der Waals surface area contributed by atoms with Crippen molar-refractivity contribution in [3.8, 4) is 0 Å². The van der Waals surface area contributed by atoms with E-state index in [0.29, 0.717) is 5.69 Å². The molecule has 0 aliphatic heterocycles. The Morgan fingerprint density at radius 3 is 3.00 bits per heavy atom. The second-order valence-electron chi connectivity index (χ2n) is 3.32. The largest absolute Gasteiger partial charge is 0.395 e. The van der Waals surface area contributed by atoms with Crippen molar-refractivity contribution < 1.29 is 5.11 Å². The Morgan fingerprint density at radius 2 is 2.44 bits per heavy atom. The first-order valence-corrected chi connectivity index (χ1v) is 6.40. The summed E-state index contributed by atoms with van der Waals surface area (Å²) in [6.07, 6.45) is 3.37.